The zero-order valence-electron chi connectivity index (χ0n) is 13.9. The van der Waals surface area contributed by atoms with Crippen LogP contribution in [-0.2, 0) is 10.8 Å². The molecule has 0 aliphatic rings. The van der Waals surface area contributed by atoms with Crippen LogP contribution in [0, 0.1) is 0 Å². The second kappa shape index (κ2) is 6.10. The van der Waals surface area contributed by atoms with Crippen LogP contribution in [0.25, 0.3) is 0 Å². The van der Waals surface area contributed by atoms with Gasteiger partial charge in [0.1, 0.15) is 0 Å². The summed E-state index contributed by atoms with van der Waals surface area (Å²) in [5.41, 5.74) is 12.9. The summed E-state index contributed by atoms with van der Waals surface area (Å²) in [6.45, 7) is 12.5. The van der Waals surface area contributed by atoms with Crippen molar-refractivity contribution >= 4 is 32.9 Å². The summed E-state index contributed by atoms with van der Waals surface area (Å²) in [6, 6.07) is 0. The normalized spacial score (nSPS) is 12.6. The number of anilines is 2. The van der Waals surface area contributed by atoms with Crippen molar-refractivity contribution in [2.24, 2.45) is 0 Å². The van der Waals surface area contributed by atoms with Gasteiger partial charge in [0.25, 0.3) is 0 Å². The average Bonchev–Trinajstić information content (AvgIpc) is 2.84. The summed E-state index contributed by atoms with van der Waals surface area (Å²) in [5, 5.41) is 3.63. The highest BCUT2D eigenvalue weighted by molar-refractivity contribution is 7.13. The van der Waals surface area contributed by atoms with Crippen LogP contribution in [0.5, 0.6) is 0 Å². The summed E-state index contributed by atoms with van der Waals surface area (Å²) in [7, 11) is 0. The van der Waals surface area contributed by atoms with E-state index in [0.717, 1.165) is 11.4 Å². The fourth-order valence-electron chi connectivity index (χ4n) is 1.21. The Kier molecular flexibility index (Phi) is 4.65. The fourth-order valence-corrected chi connectivity index (χ4v) is 2.69. The molecule has 0 fully saturated rings. The highest BCUT2D eigenvalue weighted by Gasteiger charge is 2.16. The molecule has 2 rings (SSSR count). The molecule has 20 heavy (non-hydrogen) atoms. The number of nitrogen functional groups attached to an aromatic ring is 2. The van der Waals surface area contributed by atoms with Gasteiger partial charge in [0, 0.05) is 21.6 Å². The van der Waals surface area contributed by atoms with Crippen molar-refractivity contribution in [1.29, 1.82) is 0 Å². The minimum Gasteiger partial charge on any atom is -0.375 e. The molecule has 0 aliphatic heterocycles. The van der Waals surface area contributed by atoms with Gasteiger partial charge >= 0.3 is 0 Å². The van der Waals surface area contributed by atoms with Crippen molar-refractivity contribution in [2.45, 2.75) is 52.4 Å². The lowest BCUT2D eigenvalue weighted by atomic mass is 9.93. The first-order valence-electron chi connectivity index (χ1n) is 6.86. The molecular weight excluding hydrogens is 288 g/mol. The molecule has 0 aliphatic carbocycles. The summed E-state index contributed by atoms with van der Waals surface area (Å²) < 4.78 is 7.52. The van der Waals surface area contributed by atoms with Gasteiger partial charge in [-0.3, -0.25) is 0 Å². The van der Waals surface area contributed by atoms with E-state index in [1.807, 2.05) is 26.2 Å². The van der Waals surface area contributed by atoms with Crippen molar-refractivity contribution in [3.8, 4) is 0 Å². The molecule has 2 aromatic heterocycles. The molecule has 2 aromatic rings. The van der Waals surface area contributed by atoms with E-state index >= 15 is 0 Å². The van der Waals surface area contributed by atoms with Gasteiger partial charge < -0.3 is 11.5 Å². The Morgan fingerprint density at radius 1 is 0.900 bits per heavy atom. The number of thiazole rings is 2. The Bertz CT molecular complexity index is 591. The molecule has 2 heterocycles. The molecule has 4 N–H and O–H groups in total. The molecule has 0 saturated heterocycles. The molecule has 0 spiro atoms. The molecule has 0 atom stereocenters. The maximum atomic E-state index is 7.52. The Labute approximate surface area is 130 Å². The van der Waals surface area contributed by atoms with Crippen LogP contribution < -0.4 is 11.5 Å². The molecule has 0 bridgehead atoms. The maximum absolute atomic E-state index is 7.52. The largest absolute Gasteiger partial charge is 0.375 e. The Balaban J connectivity index is 0.000000211. The highest BCUT2D eigenvalue weighted by atomic mass is 32.1. The third-order valence-electron chi connectivity index (χ3n) is 2.48. The molecule has 0 amide bonds. The lowest BCUT2D eigenvalue weighted by Crippen LogP contribution is -2.11. The van der Waals surface area contributed by atoms with Gasteiger partial charge in [0.15, 0.2) is 10.3 Å². The SMILES string of the molecule is CC(C)(C)c1csc(N)n1.[2H]c1sc(N)nc1C(C)(C)C. The van der Waals surface area contributed by atoms with Crippen LogP contribution in [0.15, 0.2) is 10.7 Å². The van der Waals surface area contributed by atoms with Gasteiger partial charge in [-0.25, -0.2) is 9.97 Å². The van der Waals surface area contributed by atoms with Gasteiger partial charge in [-0.1, -0.05) is 41.5 Å². The average molecular weight is 314 g/mol. The lowest BCUT2D eigenvalue weighted by Gasteiger charge is -2.13. The minimum absolute atomic E-state index is 0.0643. The van der Waals surface area contributed by atoms with Gasteiger partial charge in [-0.2, -0.15) is 0 Å². The molecule has 0 aromatic carbocycles. The molecule has 0 saturated carbocycles. The van der Waals surface area contributed by atoms with Crippen LogP contribution >= 0.6 is 22.7 Å². The third-order valence-corrected chi connectivity index (χ3v) is 3.74. The second-order valence-corrected chi connectivity index (χ2v) is 8.29. The first-order valence-corrected chi connectivity index (χ1v) is 8.05. The number of aromatic nitrogens is 2. The van der Waals surface area contributed by atoms with Crippen LogP contribution in [-0.4, -0.2) is 9.97 Å². The standard InChI is InChI=1S/2C7H12N2S/c2*1-7(2,3)5-4-10-6(8)9-5/h2*4H,1-3H3,(H2,8,9)/i4D;. The Hall–Kier alpha value is -1.14. The summed E-state index contributed by atoms with van der Waals surface area (Å²) >= 11 is 2.73. The minimum atomic E-state index is -0.0643. The zero-order valence-corrected chi connectivity index (χ0v) is 14.6. The van der Waals surface area contributed by atoms with Gasteiger partial charge in [-0.15, -0.1) is 22.7 Å². The van der Waals surface area contributed by atoms with Crippen molar-refractivity contribution in [1.82, 2.24) is 9.97 Å². The summed E-state index contributed by atoms with van der Waals surface area (Å²) in [6.07, 6.45) is 0. The molecule has 4 nitrogen and oxygen atoms in total. The van der Waals surface area contributed by atoms with Crippen molar-refractivity contribution in [3.63, 3.8) is 0 Å². The van der Waals surface area contributed by atoms with E-state index in [9.17, 15) is 0 Å². The zero-order chi connectivity index (χ0) is 16.4. The summed E-state index contributed by atoms with van der Waals surface area (Å²) in [5.74, 6) is 0. The predicted molar refractivity (Wildman–Crippen MR) is 90.5 cm³/mol. The van der Waals surface area contributed by atoms with Crippen molar-refractivity contribution < 1.29 is 1.37 Å². The van der Waals surface area contributed by atoms with Gasteiger partial charge in [0.05, 0.1) is 12.8 Å². The van der Waals surface area contributed by atoms with Crippen LogP contribution in [0.2, 0.25) is 0 Å². The van der Waals surface area contributed by atoms with E-state index < -0.39 is 0 Å². The van der Waals surface area contributed by atoms with Crippen LogP contribution in [0.4, 0.5) is 10.3 Å². The number of nitrogens with two attached hydrogens (primary N) is 2. The molecular formula is C14H24N4S2. The van der Waals surface area contributed by atoms with E-state index in [2.05, 4.69) is 30.7 Å². The quantitative estimate of drug-likeness (QED) is 0.769. The van der Waals surface area contributed by atoms with E-state index in [1.54, 1.807) is 0 Å². The summed E-state index contributed by atoms with van der Waals surface area (Å²) in [4.78, 5) is 8.27. The van der Waals surface area contributed by atoms with Crippen LogP contribution in [0.1, 0.15) is 54.3 Å². The molecule has 112 valence electrons. The number of hydrogen-bond donors (Lipinski definition) is 2. The number of hydrogen-bond acceptors (Lipinski definition) is 6. The molecule has 0 unspecified atom stereocenters. The van der Waals surface area contributed by atoms with E-state index in [4.69, 9.17) is 12.8 Å². The monoisotopic (exact) mass is 313 g/mol. The van der Waals surface area contributed by atoms with E-state index in [-0.39, 0.29) is 10.8 Å². The third kappa shape index (κ3) is 5.09. The van der Waals surface area contributed by atoms with Crippen molar-refractivity contribution in [2.75, 3.05) is 11.5 Å². The molecule has 6 heteroatoms. The van der Waals surface area contributed by atoms with E-state index in [0.29, 0.717) is 15.6 Å². The van der Waals surface area contributed by atoms with E-state index in [1.165, 1.54) is 22.7 Å². The Morgan fingerprint density at radius 3 is 1.55 bits per heavy atom. The highest BCUT2D eigenvalue weighted by Crippen LogP contribution is 2.25. The van der Waals surface area contributed by atoms with Gasteiger partial charge in [0.2, 0.25) is 0 Å². The lowest BCUT2D eigenvalue weighted by molar-refractivity contribution is 0.573. The Morgan fingerprint density at radius 2 is 1.35 bits per heavy atom. The number of nitrogens with zero attached hydrogens (tertiary/aromatic N) is 2. The predicted octanol–water partition coefficient (Wildman–Crippen LogP) is 4.05. The first kappa shape index (κ1) is 15.3. The molecule has 0 radical (unpaired) electrons. The number of rotatable bonds is 0. The topological polar surface area (TPSA) is 77.8 Å². The van der Waals surface area contributed by atoms with Crippen molar-refractivity contribution in [3.05, 3.63) is 22.1 Å². The smallest absolute Gasteiger partial charge is 0.180 e. The second-order valence-electron chi connectivity index (χ2n) is 6.57. The van der Waals surface area contributed by atoms with Crippen LogP contribution in [0.3, 0.4) is 0 Å². The fraction of sp³-hybridized carbons (Fsp3) is 0.571. The van der Waals surface area contributed by atoms with Gasteiger partial charge in [-0.05, 0) is 0 Å². The first-order chi connectivity index (χ1) is 9.41. The maximum Gasteiger partial charge on any atom is 0.180 e.